The molecule has 0 saturated heterocycles. The highest BCUT2D eigenvalue weighted by atomic mass is 16.5. The van der Waals surface area contributed by atoms with Crippen molar-refractivity contribution in [3.63, 3.8) is 0 Å². The van der Waals surface area contributed by atoms with Gasteiger partial charge in [0, 0.05) is 6.04 Å². The molecule has 100 valence electrons. The average Bonchev–Trinajstić information content (AvgIpc) is 2.39. The fourth-order valence-electron chi connectivity index (χ4n) is 2.29. The number of aliphatic hydroxyl groups is 1. The summed E-state index contributed by atoms with van der Waals surface area (Å²) >= 11 is 0. The second-order valence-electron chi connectivity index (χ2n) is 4.54. The Labute approximate surface area is 108 Å². The molecule has 0 heterocycles. The van der Waals surface area contributed by atoms with Crippen LogP contribution in [-0.2, 0) is 11.2 Å². The van der Waals surface area contributed by atoms with Crippen molar-refractivity contribution in [3.8, 4) is 5.75 Å². The summed E-state index contributed by atoms with van der Waals surface area (Å²) in [6, 6.07) is 6.29. The van der Waals surface area contributed by atoms with E-state index in [0.29, 0.717) is 19.8 Å². The number of hydrogen-bond acceptors (Lipinski definition) is 4. The molecule has 1 atom stereocenters. The zero-order chi connectivity index (χ0) is 12.8. The first-order valence-electron chi connectivity index (χ1n) is 6.51. The van der Waals surface area contributed by atoms with E-state index in [9.17, 15) is 0 Å². The molecule has 0 amide bonds. The Kier molecular flexibility index (Phi) is 4.99. The summed E-state index contributed by atoms with van der Waals surface area (Å²) in [5, 5.41) is 8.56. The Bertz CT molecular complexity index is 381. The summed E-state index contributed by atoms with van der Waals surface area (Å²) in [6.07, 6.45) is 3.34. The van der Waals surface area contributed by atoms with E-state index in [1.54, 1.807) is 0 Å². The smallest absolute Gasteiger partial charge is 0.119 e. The molecule has 1 aliphatic rings. The Balaban J connectivity index is 1.88. The zero-order valence-corrected chi connectivity index (χ0v) is 10.6. The third-order valence-corrected chi connectivity index (χ3v) is 3.21. The van der Waals surface area contributed by atoms with Gasteiger partial charge in [-0.05, 0) is 42.5 Å². The molecule has 3 N–H and O–H groups in total. The van der Waals surface area contributed by atoms with Crippen molar-refractivity contribution >= 4 is 0 Å². The van der Waals surface area contributed by atoms with Crippen LogP contribution in [0.4, 0.5) is 0 Å². The molecule has 0 fully saturated rings. The SMILES string of the molecule is NC1CCCc2ccc(OCCOCCO)cc21. The third-order valence-electron chi connectivity index (χ3n) is 3.21. The molecule has 0 spiro atoms. The van der Waals surface area contributed by atoms with Crippen LogP contribution in [0.15, 0.2) is 18.2 Å². The van der Waals surface area contributed by atoms with Gasteiger partial charge in [0.15, 0.2) is 0 Å². The monoisotopic (exact) mass is 251 g/mol. The van der Waals surface area contributed by atoms with Crippen molar-refractivity contribution in [2.24, 2.45) is 5.73 Å². The number of aliphatic hydroxyl groups excluding tert-OH is 1. The fourth-order valence-corrected chi connectivity index (χ4v) is 2.29. The molecule has 0 bridgehead atoms. The third kappa shape index (κ3) is 3.45. The van der Waals surface area contributed by atoms with Crippen LogP contribution < -0.4 is 10.5 Å². The first-order valence-corrected chi connectivity index (χ1v) is 6.51. The van der Waals surface area contributed by atoms with Crippen molar-refractivity contribution in [2.75, 3.05) is 26.4 Å². The average molecular weight is 251 g/mol. The Hall–Kier alpha value is -1.10. The van der Waals surface area contributed by atoms with Gasteiger partial charge in [0.2, 0.25) is 0 Å². The van der Waals surface area contributed by atoms with Gasteiger partial charge in [-0.15, -0.1) is 0 Å². The maximum Gasteiger partial charge on any atom is 0.119 e. The molecule has 0 aliphatic heterocycles. The van der Waals surface area contributed by atoms with E-state index in [4.69, 9.17) is 20.3 Å². The molecule has 4 heteroatoms. The molecule has 18 heavy (non-hydrogen) atoms. The maximum atomic E-state index is 8.56. The van der Waals surface area contributed by atoms with Crippen LogP contribution in [0.1, 0.15) is 30.0 Å². The van der Waals surface area contributed by atoms with Crippen molar-refractivity contribution in [2.45, 2.75) is 25.3 Å². The maximum absolute atomic E-state index is 8.56. The van der Waals surface area contributed by atoms with Gasteiger partial charge in [-0.3, -0.25) is 0 Å². The van der Waals surface area contributed by atoms with Gasteiger partial charge in [-0.25, -0.2) is 0 Å². The molecule has 1 aliphatic carbocycles. The second-order valence-corrected chi connectivity index (χ2v) is 4.54. The normalized spacial score (nSPS) is 18.4. The summed E-state index contributed by atoms with van der Waals surface area (Å²) in [5.74, 6) is 0.846. The van der Waals surface area contributed by atoms with Crippen LogP contribution >= 0.6 is 0 Å². The lowest BCUT2D eigenvalue weighted by molar-refractivity contribution is 0.0705. The van der Waals surface area contributed by atoms with Gasteiger partial charge in [-0.2, -0.15) is 0 Å². The largest absolute Gasteiger partial charge is 0.491 e. The van der Waals surface area contributed by atoms with Gasteiger partial charge < -0.3 is 20.3 Å². The van der Waals surface area contributed by atoms with E-state index >= 15 is 0 Å². The number of hydrogen-bond donors (Lipinski definition) is 2. The van der Waals surface area contributed by atoms with Gasteiger partial charge in [-0.1, -0.05) is 6.07 Å². The standard InChI is InChI=1S/C14H21NO3/c15-14-3-1-2-11-4-5-12(10-13(11)14)18-9-8-17-7-6-16/h4-5,10,14,16H,1-3,6-9,15H2. The Morgan fingerprint density at radius 2 is 2.17 bits per heavy atom. The summed E-state index contributed by atoms with van der Waals surface area (Å²) in [4.78, 5) is 0. The number of benzene rings is 1. The van der Waals surface area contributed by atoms with Crippen LogP contribution in [0.3, 0.4) is 0 Å². The molecule has 2 rings (SSSR count). The molecule has 1 unspecified atom stereocenters. The lowest BCUT2D eigenvalue weighted by Crippen LogP contribution is -2.17. The minimum atomic E-state index is 0.0493. The van der Waals surface area contributed by atoms with Crippen molar-refractivity contribution in [1.29, 1.82) is 0 Å². The van der Waals surface area contributed by atoms with E-state index in [1.807, 2.05) is 12.1 Å². The van der Waals surface area contributed by atoms with Crippen molar-refractivity contribution < 1.29 is 14.6 Å². The minimum absolute atomic E-state index is 0.0493. The predicted molar refractivity (Wildman–Crippen MR) is 69.7 cm³/mol. The van der Waals surface area contributed by atoms with E-state index < -0.39 is 0 Å². The fraction of sp³-hybridized carbons (Fsp3) is 0.571. The number of aryl methyl sites for hydroxylation is 1. The summed E-state index contributed by atoms with van der Waals surface area (Å²) in [7, 11) is 0. The molecule has 1 aromatic rings. The highest BCUT2D eigenvalue weighted by molar-refractivity contribution is 5.39. The molecular weight excluding hydrogens is 230 g/mol. The summed E-state index contributed by atoms with van der Waals surface area (Å²) < 4.78 is 10.7. The molecular formula is C14H21NO3. The lowest BCUT2D eigenvalue weighted by atomic mass is 9.88. The molecule has 0 radical (unpaired) electrons. The first kappa shape index (κ1) is 13.3. The Morgan fingerprint density at radius 3 is 3.00 bits per heavy atom. The molecule has 4 nitrogen and oxygen atoms in total. The van der Waals surface area contributed by atoms with Crippen LogP contribution in [0.25, 0.3) is 0 Å². The van der Waals surface area contributed by atoms with E-state index in [-0.39, 0.29) is 12.6 Å². The number of nitrogens with two attached hydrogens (primary N) is 1. The quantitative estimate of drug-likeness (QED) is 0.750. The molecule has 1 aromatic carbocycles. The lowest BCUT2D eigenvalue weighted by Gasteiger charge is -2.22. The first-order chi connectivity index (χ1) is 8.81. The Morgan fingerprint density at radius 1 is 1.28 bits per heavy atom. The number of fused-ring (bicyclic) bond motifs is 1. The van der Waals surface area contributed by atoms with Gasteiger partial charge in [0.05, 0.1) is 19.8 Å². The van der Waals surface area contributed by atoms with Gasteiger partial charge in [0.25, 0.3) is 0 Å². The van der Waals surface area contributed by atoms with Crippen molar-refractivity contribution in [3.05, 3.63) is 29.3 Å². The van der Waals surface area contributed by atoms with E-state index in [0.717, 1.165) is 18.6 Å². The van der Waals surface area contributed by atoms with Gasteiger partial charge >= 0.3 is 0 Å². The highest BCUT2D eigenvalue weighted by Gasteiger charge is 2.17. The number of ether oxygens (including phenoxy) is 2. The van der Waals surface area contributed by atoms with Crippen LogP contribution in [0.2, 0.25) is 0 Å². The molecule has 0 aromatic heterocycles. The minimum Gasteiger partial charge on any atom is -0.491 e. The number of rotatable bonds is 6. The van der Waals surface area contributed by atoms with Crippen molar-refractivity contribution in [1.82, 2.24) is 0 Å². The van der Waals surface area contributed by atoms with Crippen LogP contribution in [0, 0.1) is 0 Å². The summed E-state index contributed by atoms with van der Waals surface area (Å²) in [6.45, 7) is 1.39. The zero-order valence-electron chi connectivity index (χ0n) is 10.6. The topological polar surface area (TPSA) is 64.7 Å². The molecule has 0 saturated carbocycles. The van der Waals surface area contributed by atoms with E-state index in [1.165, 1.54) is 17.5 Å². The summed E-state index contributed by atoms with van der Waals surface area (Å²) in [5.41, 5.74) is 8.66. The highest BCUT2D eigenvalue weighted by Crippen LogP contribution is 2.30. The van der Waals surface area contributed by atoms with Gasteiger partial charge in [0.1, 0.15) is 12.4 Å². The van der Waals surface area contributed by atoms with E-state index in [2.05, 4.69) is 6.07 Å². The predicted octanol–water partition coefficient (Wildman–Crippen LogP) is 1.41. The van der Waals surface area contributed by atoms with Crippen LogP contribution in [0.5, 0.6) is 5.75 Å². The second kappa shape index (κ2) is 6.73. The van der Waals surface area contributed by atoms with Crippen LogP contribution in [-0.4, -0.2) is 31.5 Å².